The number of carbonyl (C=O) groups is 1. The van der Waals surface area contributed by atoms with Crippen molar-refractivity contribution in [2.45, 2.75) is 12.3 Å². The van der Waals surface area contributed by atoms with Crippen LogP contribution in [0.4, 0.5) is 11.5 Å². The molecule has 1 unspecified atom stereocenters. The molecule has 3 rings (SSSR count). The van der Waals surface area contributed by atoms with Crippen LogP contribution < -0.4 is 11.1 Å². The van der Waals surface area contributed by atoms with Crippen LogP contribution in [-0.4, -0.2) is 22.6 Å². The van der Waals surface area contributed by atoms with Crippen LogP contribution in [0.5, 0.6) is 0 Å². The number of aromatic nitrogens is 1. The molecule has 102 valence electrons. The van der Waals surface area contributed by atoms with Crippen molar-refractivity contribution in [3.63, 3.8) is 0 Å². The van der Waals surface area contributed by atoms with Crippen LogP contribution in [0.25, 0.3) is 0 Å². The van der Waals surface area contributed by atoms with Crippen molar-refractivity contribution < 1.29 is 9.90 Å². The zero-order valence-corrected chi connectivity index (χ0v) is 10.8. The van der Waals surface area contributed by atoms with Crippen LogP contribution in [0.2, 0.25) is 0 Å². The summed E-state index contributed by atoms with van der Waals surface area (Å²) in [4.78, 5) is 14.9. The van der Waals surface area contributed by atoms with E-state index in [1.165, 1.54) is 23.4 Å². The number of hydrogen-bond donors (Lipinski definition) is 3. The molecular formula is C15H15N3O2. The van der Waals surface area contributed by atoms with Gasteiger partial charge in [-0.1, -0.05) is 24.3 Å². The van der Waals surface area contributed by atoms with Gasteiger partial charge in [0.15, 0.2) is 0 Å². The summed E-state index contributed by atoms with van der Waals surface area (Å²) in [7, 11) is 0. The fraction of sp³-hybridized carbons (Fsp3) is 0.200. The zero-order chi connectivity index (χ0) is 14.1. The highest BCUT2D eigenvalue weighted by Gasteiger charge is 2.25. The number of hydrogen-bond acceptors (Lipinski definition) is 4. The van der Waals surface area contributed by atoms with Gasteiger partial charge in [0.25, 0.3) is 0 Å². The van der Waals surface area contributed by atoms with Crippen LogP contribution >= 0.6 is 0 Å². The van der Waals surface area contributed by atoms with E-state index in [1.807, 2.05) is 12.1 Å². The van der Waals surface area contributed by atoms with Gasteiger partial charge in [0.05, 0.1) is 11.3 Å². The van der Waals surface area contributed by atoms with Crippen molar-refractivity contribution in [1.82, 2.24) is 4.98 Å². The molecule has 0 saturated carbocycles. The lowest BCUT2D eigenvalue weighted by atomic mass is 9.77. The molecule has 5 nitrogen and oxygen atoms in total. The standard InChI is InChI=1S/C15H15N3O2/c16-13-6-11(15(19)20)8-18-14(13)17-7-10-5-9-3-1-2-4-12(9)10/h1-4,6,8,10H,5,7,16H2,(H,17,18)(H,19,20). The lowest BCUT2D eigenvalue weighted by Gasteiger charge is -2.30. The van der Waals surface area contributed by atoms with Gasteiger partial charge in [-0.25, -0.2) is 9.78 Å². The molecule has 0 bridgehead atoms. The van der Waals surface area contributed by atoms with E-state index < -0.39 is 5.97 Å². The molecule has 0 radical (unpaired) electrons. The molecule has 1 atom stereocenters. The maximum Gasteiger partial charge on any atom is 0.337 e. The Morgan fingerprint density at radius 1 is 1.45 bits per heavy atom. The predicted octanol–water partition coefficient (Wildman–Crippen LogP) is 2.11. The molecule has 1 aliphatic rings. The molecule has 1 aromatic heterocycles. The van der Waals surface area contributed by atoms with Gasteiger partial charge in [-0.15, -0.1) is 0 Å². The summed E-state index contributed by atoms with van der Waals surface area (Å²) >= 11 is 0. The summed E-state index contributed by atoms with van der Waals surface area (Å²) < 4.78 is 0. The smallest absolute Gasteiger partial charge is 0.337 e. The number of benzene rings is 1. The molecule has 20 heavy (non-hydrogen) atoms. The number of nitrogens with zero attached hydrogens (tertiary/aromatic N) is 1. The van der Waals surface area contributed by atoms with Crippen LogP contribution in [-0.2, 0) is 6.42 Å². The van der Waals surface area contributed by atoms with Gasteiger partial charge in [-0.2, -0.15) is 0 Å². The van der Waals surface area contributed by atoms with E-state index in [1.54, 1.807) is 0 Å². The Morgan fingerprint density at radius 2 is 2.25 bits per heavy atom. The highest BCUT2D eigenvalue weighted by atomic mass is 16.4. The number of pyridine rings is 1. The fourth-order valence-corrected chi connectivity index (χ4v) is 2.51. The largest absolute Gasteiger partial charge is 0.478 e. The van der Waals surface area contributed by atoms with Gasteiger partial charge in [0.1, 0.15) is 5.82 Å². The third-order valence-electron chi connectivity index (χ3n) is 3.64. The van der Waals surface area contributed by atoms with Crippen LogP contribution in [0.1, 0.15) is 27.4 Å². The van der Waals surface area contributed by atoms with Crippen LogP contribution in [0.3, 0.4) is 0 Å². The molecular weight excluding hydrogens is 254 g/mol. The van der Waals surface area contributed by atoms with Crippen molar-refractivity contribution in [2.24, 2.45) is 0 Å². The molecule has 2 aromatic rings. The number of rotatable bonds is 4. The molecule has 4 N–H and O–H groups in total. The second-order valence-electron chi connectivity index (χ2n) is 4.95. The minimum Gasteiger partial charge on any atom is -0.478 e. The Hall–Kier alpha value is -2.56. The Labute approximate surface area is 116 Å². The SMILES string of the molecule is Nc1cc(C(=O)O)cnc1NCC1Cc2ccccc21. The fourth-order valence-electron chi connectivity index (χ4n) is 2.51. The van der Waals surface area contributed by atoms with Crippen LogP contribution in [0, 0.1) is 0 Å². The van der Waals surface area contributed by atoms with Gasteiger partial charge in [0.2, 0.25) is 0 Å². The van der Waals surface area contributed by atoms with Gasteiger partial charge < -0.3 is 16.2 Å². The van der Waals surface area contributed by atoms with Crippen molar-refractivity contribution in [2.75, 3.05) is 17.6 Å². The Balaban J connectivity index is 1.67. The molecule has 5 heteroatoms. The number of carboxylic acids is 1. The summed E-state index contributed by atoms with van der Waals surface area (Å²) in [5.74, 6) is -0.0189. The maximum atomic E-state index is 10.8. The summed E-state index contributed by atoms with van der Waals surface area (Å²) in [5, 5.41) is 12.1. The number of carboxylic acid groups (broad SMARTS) is 1. The quantitative estimate of drug-likeness (QED) is 0.791. The van der Waals surface area contributed by atoms with E-state index in [4.69, 9.17) is 10.8 Å². The third kappa shape index (κ3) is 2.18. The number of aromatic carboxylic acids is 1. The third-order valence-corrected chi connectivity index (χ3v) is 3.64. The topological polar surface area (TPSA) is 88.2 Å². The van der Waals surface area contributed by atoms with Gasteiger partial charge >= 0.3 is 5.97 Å². The lowest BCUT2D eigenvalue weighted by molar-refractivity contribution is 0.0696. The molecule has 0 fully saturated rings. The van der Waals surface area contributed by atoms with E-state index in [-0.39, 0.29) is 5.56 Å². The van der Waals surface area contributed by atoms with Crippen molar-refractivity contribution in [1.29, 1.82) is 0 Å². The predicted molar refractivity (Wildman–Crippen MR) is 77.0 cm³/mol. The van der Waals surface area contributed by atoms with E-state index >= 15 is 0 Å². The van der Waals surface area contributed by atoms with Gasteiger partial charge in [-0.05, 0) is 23.6 Å². The first kappa shape index (κ1) is 12.5. The first-order chi connectivity index (χ1) is 9.65. The second kappa shape index (κ2) is 4.85. The maximum absolute atomic E-state index is 10.8. The first-order valence-electron chi connectivity index (χ1n) is 6.45. The highest BCUT2D eigenvalue weighted by molar-refractivity contribution is 5.89. The minimum absolute atomic E-state index is 0.0991. The number of nitrogens with two attached hydrogens (primary N) is 1. The molecule has 0 amide bonds. The molecule has 0 aliphatic heterocycles. The zero-order valence-electron chi connectivity index (χ0n) is 10.8. The molecule has 0 saturated heterocycles. The van der Waals surface area contributed by atoms with Gasteiger partial charge in [-0.3, -0.25) is 0 Å². The second-order valence-corrected chi connectivity index (χ2v) is 4.95. The van der Waals surface area contributed by atoms with Crippen LogP contribution in [0.15, 0.2) is 36.5 Å². The minimum atomic E-state index is -1.02. The number of nitrogen functional groups attached to an aromatic ring is 1. The average molecular weight is 269 g/mol. The molecule has 0 spiro atoms. The van der Waals surface area contributed by atoms with E-state index in [9.17, 15) is 4.79 Å². The van der Waals surface area contributed by atoms with E-state index in [0.29, 0.717) is 17.4 Å². The average Bonchev–Trinajstić information content (AvgIpc) is 2.41. The highest BCUT2D eigenvalue weighted by Crippen LogP contribution is 2.34. The normalized spacial score (nSPS) is 16.1. The van der Waals surface area contributed by atoms with Crippen molar-refractivity contribution in [3.05, 3.63) is 53.2 Å². The monoisotopic (exact) mass is 269 g/mol. The Bertz CT molecular complexity index is 670. The van der Waals surface area contributed by atoms with Gasteiger partial charge in [0, 0.05) is 18.7 Å². The summed E-state index contributed by atoms with van der Waals surface area (Å²) in [6, 6.07) is 9.79. The summed E-state index contributed by atoms with van der Waals surface area (Å²) in [5.41, 5.74) is 9.02. The Kier molecular flexibility index (Phi) is 3.02. The summed E-state index contributed by atoms with van der Waals surface area (Å²) in [6.45, 7) is 0.751. The van der Waals surface area contributed by atoms with E-state index in [0.717, 1.165) is 13.0 Å². The molecule has 1 aromatic carbocycles. The van der Waals surface area contributed by atoms with E-state index in [2.05, 4.69) is 22.4 Å². The number of nitrogens with one attached hydrogen (secondary N) is 1. The first-order valence-corrected chi connectivity index (χ1v) is 6.45. The van der Waals surface area contributed by atoms with Crippen molar-refractivity contribution in [3.8, 4) is 0 Å². The lowest BCUT2D eigenvalue weighted by Crippen LogP contribution is -2.24. The number of fused-ring (bicyclic) bond motifs is 1. The number of anilines is 2. The summed E-state index contributed by atoms with van der Waals surface area (Å²) in [6.07, 6.45) is 2.37. The Morgan fingerprint density at radius 3 is 2.95 bits per heavy atom. The molecule has 1 heterocycles. The molecule has 1 aliphatic carbocycles. The van der Waals surface area contributed by atoms with Crippen molar-refractivity contribution >= 4 is 17.5 Å².